The van der Waals surface area contributed by atoms with Gasteiger partial charge in [-0.3, -0.25) is 9.59 Å². The molecule has 0 aromatic heterocycles. The number of aliphatic hydroxyl groups excluding tert-OH is 1. The van der Waals surface area contributed by atoms with Crippen molar-refractivity contribution >= 4 is 29.0 Å². The number of benzene rings is 2. The number of hydrogen-bond donors (Lipinski definition) is 3. The lowest BCUT2D eigenvalue weighted by Gasteiger charge is -2.38. The van der Waals surface area contributed by atoms with Crippen LogP contribution in [0.5, 0.6) is 0 Å². The number of carbonyl (C=O) groups is 2. The Morgan fingerprint density at radius 1 is 1.13 bits per heavy atom. The van der Waals surface area contributed by atoms with Crippen molar-refractivity contribution in [1.82, 2.24) is 5.32 Å². The van der Waals surface area contributed by atoms with Crippen molar-refractivity contribution < 1.29 is 23.5 Å². The Hall–Kier alpha value is -2.35. The maximum Gasteiger partial charge on any atom is 0.237 e. The Morgan fingerprint density at radius 2 is 1.84 bits per heavy atom. The molecule has 0 unspecified atom stereocenters. The topological polar surface area (TPSA) is 78.4 Å². The number of nitrogens with one attached hydrogen (secondary N) is 2. The zero-order chi connectivity index (χ0) is 27.4. The van der Waals surface area contributed by atoms with Gasteiger partial charge in [-0.1, -0.05) is 50.6 Å². The molecule has 2 aromatic carbocycles. The maximum absolute atomic E-state index is 15.8. The monoisotopic (exact) mass is 544 g/mol. The molecule has 0 radical (unpaired) electrons. The normalized spacial score (nSPS) is 30.9. The lowest BCUT2D eigenvalue weighted by molar-refractivity contribution is -0.123. The number of ketones is 1. The quantitative estimate of drug-likeness (QED) is 0.439. The summed E-state index contributed by atoms with van der Waals surface area (Å²) in [5, 5.41) is 16.2. The van der Waals surface area contributed by atoms with Gasteiger partial charge < -0.3 is 15.7 Å². The minimum Gasteiger partial charge on any atom is -0.393 e. The molecule has 2 aliphatic heterocycles. The van der Waals surface area contributed by atoms with Crippen LogP contribution in [0.1, 0.15) is 76.3 Å². The zero-order valence-corrected chi connectivity index (χ0v) is 22.7. The minimum absolute atomic E-state index is 0.0814. The van der Waals surface area contributed by atoms with Crippen molar-refractivity contribution in [3.63, 3.8) is 0 Å². The molecule has 0 bridgehead atoms. The molecule has 4 atom stereocenters. The number of aliphatic hydroxyl groups is 1. The summed E-state index contributed by atoms with van der Waals surface area (Å²) in [7, 11) is 0. The van der Waals surface area contributed by atoms with Gasteiger partial charge in [-0.2, -0.15) is 0 Å². The van der Waals surface area contributed by atoms with Gasteiger partial charge in [0, 0.05) is 24.1 Å². The first kappa shape index (κ1) is 27.2. The first-order chi connectivity index (χ1) is 17.9. The third-order valence-electron chi connectivity index (χ3n) is 8.59. The van der Waals surface area contributed by atoms with Crippen molar-refractivity contribution in [2.75, 3.05) is 5.32 Å². The highest BCUT2D eigenvalue weighted by Crippen LogP contribution is 2.57. The fourth-order valence-corrected chi connectivity index (χ4v) is 7.15. The number of fused-ring (bicyclic) bond motifs is 2. The van der Waals surface area contributed by atoms with E-state index in [1.54, 1.807) is 18.2 Å². The summed E-state index contributed by atoms with van der Waals surface area (Å²) in [4.78, 5) is 28.1. The lowest BCUT2D eigenvalue weighted by Crippen LogP contribution is -2.49. The first-order valence-corrected chi connectivity index (χ1v) is 13.8. The summed E-state index contributed by atoms with van der Waals surface area (Å²) < 4.78 is 30.0. The number of amides is 1. The predicted octanol–water partition coefficient (Wildman–Crippen LogP) is 5.88. The number of carbonyl (C=O) groups excluding carboxylic acids is 2. The van der Waals surface area contributed by atoms with Crippen LogP contribution in [-0.4, -0.2) is 35.0 Å². The molecular weight excluding hydrogens is 510 g/mol. The Kier molecular flexibility index (Phi) is 7.16. The maximum atomic E-state index is 15.8. The lowest BCUT2D eigenvalue weighted by atomic mass is 9.62. The molecule has 204 valence electrons. The van der Waals surface area contributed by atoms with E-state index in [-0.39, 0.29) is 46.1 Å². The number of halogens is 3. The number of anilines is 1. The summed E-state index contributed by atoms with van der Waals surface area (Å²) in [5.74, 6) is -2.37. The van der Waals surface area contributed by atoms with E-state index in [1.807, 2.05) is 0 Å². The van der Waals surface area contributed by atoms with E-state index in [2.05, 4.69) is 31.4 Å². The van der Waals surface area contributed by atoms with E-state index in [9.17, 15) is 19.1 Å². The van der Waals surface area contributed by atoms with Gasteiger partial charge in [0.1, 0.15) is 17.0 Å². The molecule has 1 saturated carbocycles. The summed E-state index contributed by atoms with van der Waals surface area (Å²) in [6.45, 7) is 6.16. The Bertz CT molecular complexity index is 1250. The molecule has 1 spiro atoms. The molecule has 1 aliphatic carbocycles. The van der Waals surface area contributed by atoms with Crippen molar-refractivity contribution in [1.29, 1.82) is 0 Å². The second kappa shape index (κ2) is 10.00. The van der Waals surface area contributed by atoms with Gasteiger partial charge in [0.2, 0.25) is 5.91 Å². The molecule has 3 aliphatic rings. The van der Waals surface area contributed by atoms with Crippen LogP contribution < -0.4 is 10.6 Å². The van der Waals surface area contributed by atoms with E-state index >= 15 is 4.39 Å². The van der Waals surface area contributed by atoms with E-state index in [1.165, 1.54) is 18.2 Å². The van der Waals surface area contributed by atoms with E-state index in [0.717, 1.165) is 12.8 Å². The van der Waals surface area contributed by atoms with E-state index in [0.29, 0.717) is 30.5 Å². The second-order valence-corrected chi connectivity index (χ2v) is 12.8. The highest BCUT2D eigenvalue weighted by molar-refractivity contribution is 6.30. The Labute approximate surface area is 227 Å². The second-order valence-electron chi connectivity index (χ2n) is 12.4. The number of Topliss-reactive ketones (excluding diaryl/α,β-unsaturated/α-hetero) is 1. The summed E-state index contributed by atoms with van der Waals surface area (Å²) >= 11 is 6.23. The van der Waals surface area contributed by atoms with Gasteiger partial charge in [-0.25, -0.2) is 8.78 Å². The summed E-state index contributed by atoms with van der Waals surface area (Å²) in [5.41, 5.74) is -0.470. The van der Waals surface area contributed by atoms with Crippen LogP contribution in [0, 0.1) is 23.0 Å². The van der Waals surface area contributed by atoms with Gasteiger partial charge in [0.05, 0.1) is 17.2 Å². The zero-order valence-electron chi connectivity index (χ0n) is 22.0. The van der Waals surface area contributed by atoms with Crippen LogP contribution in [0.15, 0.2) is 36.4 Å². The first-order valence-electron chi connectivity index (χ1n) is 13.4. The van der Waals surface area contributed by atoms with Crippen LogP contribution in [0.4, 0.5) is 14.5 Å². The van der Waals surface area contributed by atoms with Gasteiger partial charge in [0.25, 0.3) is 0 Å². The van der Waals surface area contributed by atoms with Gasteiger partial charge >= 0.3 is 0 Å². The standard InChI is InChI=1S/C30H35ClF2N2O3/c1-29(2,3)15-24-30(20-12-9-17(32)14-22(20)34-28(30)38)25(19-5-4-6-21(31)26(19)33)27(35-24)23(37)13-16-7-10-18(36)11-8-16/h4-6,9,12,14,16,18,24-25,27,35-36H,7-8,10-11,13,15H2,1-3H3,(H,34,38)/t16?,18?,24-,25+,27+,30+/m1/s1. The third-order valence-corrected chi connectivity index (χ3v) is 8.88. The minimum atomic E-state index is -1.34. The van der Waals surface area contributed by atoms with Crippen LogP contribution in [0.25, 0.3) is 0 Å². The highest BCUT2D eigenvalue weighted by Gasteiger charge is 2.66. The van der Waals surface area contributed by atoms with Crippen molar-refractivity contribution in [3.05, 3.63) is 64.2 Å². The molecule has 2 heterocycles. The fourth-order valence-electron chi connectivity index (χ4n) is 6.96. The fraction of sp³-hybridized carbons (Fsp3) is 0.533. The number of rotatable bonds is 5. The molecular formula is C30H35ClF2N2O3. The molecule has 3 N–H and O–H groups in total. The van der Waals surface area contributed by atoms with E-state index in [4.69, 9.17) is 11.6 Å². The summed E-state index contributed by atoms with van der Waals surface area (Å²) in [6.07, 6.45) is 3.26. The molecule has 5 rings (SSSR count). The van der Waals surface area contributed by atoms with Crippen LogP contribution in [0.2, 0.25) is 5.02 Å². The van der Waals surface area contributed by atoms with Crippen LogP contribution in [-0.2, 0) is 15.0 Å². The average Bonchev–Trinajstić information content (AvgIpc) is 3.31. The smallest absolute Gasteiger partial charge is 0.237 e. The van der Waals surface area contributed by atoms with Crippen LogP contribution >= 0.6 is 11.6 Å². The summed E-state index contributed by atoms with van der Waals surface area (Å²) in [6, 6.07) is 7.50. The molecule has 2 fully saturated rings. The molecule has 2 aromatic rings. The van der Waals surface area contributed by atoms with Gasteiger partial charge in [-0.05, 0) is 72.8 Å². The SMILES string of the molecule is CC(C)(C)C[C@H]1N[C@@H](C(=O)CC2CCC(O)CC2)[C@H](c2cccc(Cl)c2F)[C@@]12C(=O)Nc1cc(F)ccc12. The van der Waals surface area contributed by atoms with Gasteiger partial charge in [-0.15, -0.1) is 0 Å². The van der Waals surface area contributed by atoms with Crippen molar-refractivity contribution in [3.8, 4) is 0 Å². The Balaban J connectivity index is 1.67. The van der Waals surface area contributed by atoms with Crippen molar-refractivity contribution in [2.45, 2.75) is 88.8 Å². The largest absolute Gasteiger partial charge is 0.393 e. The molecule has 1 amide bonds. The van der Waals surface area contributed by atoms with Crippen LogP contribution in [0.3, 0.4) is 0 Å². The highest BCUT2D eigenvalue weighted by atomic mass is 35.5. The van der Waals surface area contributed by atoms with Crippen molar-refractivity contribution in [2.24, 2.45) is 11.3 Å². The third kappa shape index (κ3) is 4.67. The predicted molar refractivity (Wildman–Crippen MR) is 143 cm³/mol. The molecule has 8 heteroatoms. The van der Waals surface area contributed by atoms with Gasteiger partial charge in [0.15, 0.2) is 5.78 Å². The number of hydrogen-bond acceptors (Lipinski definition) is 4. The van der Waals surface area contributed by atoms with E-state index < -0.39 is 35.1 Å². The molecule has 5 nitrogen and oxygen atoms in total. The average molecular weight is 545 g/mol. The molecule has 38 heavy (non-hydrogen) atoms. The molecule has 1 saturated heterocycles. The Morgan fingerprint density at radius 3 is 2.53 bits per heavy atom.